The molecule has 1 aromatic rings. The van der Waals surface area contributed by atoms with Gasteiger partial charge >= 0.3 is 5.97 Å². The molecule has 3 rings (SSSR count). The molecule has 4 nitrogen and oxygen atoms in total. The number of fused-ring (bicyclic) bond motifs is 2. The molecule has 18 heavy (non-hydrogen) atoms. The number of hydrogen-bond donors (Lipinski definition) is 1. The third-order valence-corrected chi connectivity index (χ3v) is 4.12. The highest BCUT2D eigenvalue weighted by Crippen LogP contribution is 2.42. The van der Waals surface area contributed by atoms with Crippen molar-refractivity contribution in [2.45, 2.75) is 37.9 Å². The highest BCUT2D eigenvalue weighted by molar-refractivity contribution is 5.71. The van der Waals surface area contributed by atoms with Crippen LogP contribution in [0.5, 0.6) is 0 Å². The number of aromatic nitrogens is 1. The average Bonchev–Trinajstić information content (AvgIpc) is 2.86. The zero-order valence-corrected chi connectivity index (χ0v) is 9.92. The number of rotatable bonds is 3. The fourth-order valence-corrected chi connectivity index (χ4v) is 3.37. The van der Waals surface area contributed by atoms with Crippen molar-refractivity contribution >= 4 is 5.97 Å². The summed E-state index contributed by atoms with van der Waals surface area (Å²) in [5.41, 5.74) is 0.818. The predicted molar refractivity (Wildman–Crippen MR) is 62.3 cm³/mol. The van der Waals surface area contributed by atoms with Crippen LogP contribution in [0.15, 0.2) is 18.5 Å². The van der Waals surface area contributed by atoms with Crippen LogP contribution < -0.4 is 0 Å². The van der Waals surface area contributed by atoms with E-state index in [1.807, 2.05) is 0 Å². The van der Waals surface area contributed by atoms with Crippen LogP contribution in [-0.4, -0.2) is 33.0 Å². The highest BCUT2D eigenvalue weighted by Gasteiger charge is 2.48. The van der Waals surface area contributed by atoms with Crippen molar-refractivity contribution in [2.75, 3.05) is 0 Å². The second kappa shape index (κ2) is 4.31. The molecule has 96 valence electrons. The topological polar surface area (TPSA) is 53.4 Å². The molecule has 0 radical (unpaired) electrons. The van der Waals surface area contributed by atoms with Gasteiger partial charge < -0.3 is 5.11 Å². The molecule has 0 spiro atoms. The van der Waals surface area contributed by atoms with E-state index in [9.17, 15) is 9.18 Å². The lowest BCUT2D eigenvalue weighted by Gasteiger charge is -2.22. The van der Waals surface area contributed by atoms with Gasteiger partial charge in [0.1, 0.15) is 5.82 Å². The first-order chi connectivity index (χ1) is 8.65. The van der Waals surface area contributed by atoms with Crippen LogP contribution in [0.1, 0.15) is 24.8 Å². The Morgan fingerprint density at radius 2 is 2.33 bits per heavy atom. The molecule has 0 saturated carbocycles. The summed E-state index contributed by atoms with van der Waals surface area (Å²) in [4.78, 5) is 17.2. The summed E-state index contributed by atoms with van der Waals surface area (Å²) in [6.45, 7) is 0.601. The Morgan fingerprint density at radius 1 is 1.50 bits per heavy atom. The van der Waals surface area contributed by atoms with Gasteiger partial charge in [-0.05, 0) is 30.9 Å². The lowest BCUT2D eigenvalue weighted by Crippen LogP contribution is -2.32. The molecule has 1 aromatic heterocycles. The van der Waals surface area contributed by atoms with Crippen LogP contribution in [0.25, 0.3) is 0 Å². The Morgan fingerprint density at radius 3 is 3.00 bits per heavy atom. The first-order valence-corrected chi connectivity index (χ1v) is 6.23. The number of hydrogen-bond acceptors (Lipinski definition) is 3. The molecule has 3 atom stereocenters. The molecule has 5 heteroatoms. The molecule has 0 amide bonds. The number of carboxylic acid groups (broad SMARTS) is 1. The van der Waals surface area contributed by atoms with Crippen molar-refractivity contribution in [3.05, 3.63) is 29.8 Å². The van der Waals surface area contributed by atoms with Crippen molar-refractivity contribution in [3.63, 3.8) is 0 Å². The fraction of sp³-hybridized carbons (Fsp3) is 0.538. The SMILES string of the molecule is O=C(O)C1CC2CCC1N2Cc1cncc(F)c1. The third-order valence-electron chi connectivity index (χ3n) is 4.12. The number of carboxylic acids is 1. The number of halogens is 1. The molecule has 3 unspecified atom stereocenters. The zero-order valence-electron chi connectivity index (χ0n) is 9.92. The second-order valence-corrected chi connectivity index (χ2v) is 5.16. The minimum atomic E-state index is -0.704. The molecule has 3 heterocycles. The zero-order chi connectivity index (χ0) is 12.7. The fourth-order valence-electron chi connectivity index (χ4n) is 3.37. The first kappa shape index (κ1) is 11.6. The summed E-state index contributed by atoms with van der Waals surface area (Å²) >= 11 is 0. The van der Waals surface area contributed by atoms with Crippen LogP contribution in [-0.2, 0) is 11.3 Å². The summed E-state index contributed by atoms with van der Waals surface area (Å²) in [7, 11) is 0. The quantitative estimate of drug-likeness (QED) is 0.886. The van der Waals surface area contributed by atoms with Crippen LogP contribution >= 0.6 is 0 Å². The number of carbonyl (C=O) groups is 1. The lowest BCUT2D eigenvalue weighted by atomic mass is 9.89. The van der Waals surface area contributed by atoms with Crippen LogP contribution in [0, 0.1) is 11.7 Å². The van der Waals surface area contributed by atoms with E-state index >= 15 is 0 Å². The van der Waals surface area contributed by atoms with E-state index in [0.717, 1.165) is 24.8 Å². The van der Waals surface area contributed by atoms with Crippen molar-refractivity contribution in [2.24, 2.45) is 5.92 Å². The number of aliphatic carboxylic acids is 1. The van der Waals surface area contributed by atoms with E-state index in [1.165, 1.54) is 12.3 Å². The van der Waals surface area contributed by atoms with Crippen LogP contribution in [0.2, 0.25) is 0 Å². The minimum Gasteiger partial charge on any atom is -0.481 e. The largest absolute Gasteiger partial charge is 0.481 e. The van der Waals surface area contributed by atoms with E-state index in [-0.39, 0.29) is 17.8 Å². The van der Waals surface area contributed by atoms with Crippen molar-refractivity contribution in [3.8, 4) is 0 Å². The Hall–Kier alpha value is -1.49. The first-order valence-electron chi connectivity index (χ1n) is 6.23. The maximum atomic E-state index is 13.1. The molecule has 0 aromatic carbocycles. The van der Waals surface area contributed by atoms with E-state index < -0.39 is 5.97 Å². The number of pyridine rings is 1. The van der Waals surface area contributed by atoms with Gasteiger partial charge in [0.15, 0.2) is 0 Å². The van der Waals surface area contributed by atoms with Crippen molar-refractivity contribution in [1.29, 1.82) is 0 Å². The highest BCUT2D eigenvalue weighted by atomic mass is 19.1. The smallest absolute Gasteiger partial charge is 0.308 e. The Labute approximate surface area is 104 Å². The van der Waals surface area contributed by atoms with Gasteiger partial charge in [-0.1, -0.05) is 0 Å². The summed E-state index contributed by atoms with van der Waals surface area (Å²) in [5, 5.41) is 9.16. The normalized spacial score (nSPS) is 30.8. The summed E-state index contributed by atoms with van der Waals surface area (Å²) in [6.07, 6.45) is 5.54. The maximum absolute atomic E-state index is 13.1. The molecule has 2 bridgehead atoms. The average molecular weight is 250 g/mol. The van der Waals surface area contributed by atoms with Crippen LogP contribution in [0.3, 0.4) is 0 Å². The van der Waals surface area contributed by atoms with Gasteiger partial charge in [-0.3, -0.25) is 14.7 Å². The van der Waals surface area contributed by atoms with Gasteiger partial charge in [0.05, 0.1) is 12.1 Å². The summed E-state index contributed by atoms with van der Waals surface area (Å²) in [5.74, 6) is -1.30. The van der Waals surface area contributed by atoms with Crippen molar-refractivity contribution < 1.29 is 14.3 Å². The Kier molecular flexibility index (Phi) is 2.78. The lowest BCUT2D eigenvalue weighted by molar-refractivity contribution is -0.142. The van der Waals surface area contributed by atoms with Gasteiger partial charge in [0.2, 0.25) is 0 Å². The van der Waals surface area contributed by atoms with Gasteiger partial charge in [0.25, 0.3) is 0 Å². The van der Waals surface area contributed by atoms with Crippen molar-refractivity contribution in [1.82, 2.24) is 9.88 Å². The monoisotopic (exact) mass is 250 g/mol. The maximum Gasteiger partial charge on any atom is 0.308 e. The summed E-state index contributed by atoms with van der Waals surface area (Å²) < 4.78 is 13.1. The van der Waals surface area contributed by atoms with Gasteiger partial charge in [-0.2, -0.15) is 0 Å². The van der Waals surface area contributed by atoms with E-state index in [1.54, 1.807) is 6.20 Å². The van der Waals surface area contributed by atoms with E-state index in [4.69, 9.17) is 5.11 Å². The molecule has 1 N–H and O–H groups in total. The van der Waals surface area contributed by atoms with Gasteiger partial charge in [-0.25, -0.2) is 4.39 Å². The van der Waals surface area contributed by atoms with Gasteiger partial charge in [-0.15, -0.1) is 0 Å². The molecule has 2 saturated heterocycles. The molecule has 2 aliphatic rings. The molecular weight excluding hydrogens is 235 g/mol. The van der Waals surface area contributed by atoms with Gasteiger partial charge in [0, 0.05) is 24.8 Å². The van der Waals surface area contributed by atoms with E-state index in [0.29, 0.717) is 12.6 Å². The second-order valence-electron chi connectivity index (χ2n) is 5.16. The van der Waals surface area contributed by atoms with E-state index in [2.05, 4.69) is 9.88 Å². The molecule has 2 fully saturated rings. The Balaban J connectivity index is 1.76. The third kappa shape index (κ3) is 1.88. The number of nitrogens with zero attached hydrogens (tertiary/aromatic N) is 2. The molecular formula is C13H15FN2O2. The predicted octanol–water partition coefficient (Wildman–Crippen LogP) is 1.66. The Bertz CT molecular complexity index is 480. The van der Waals surface area contributed by atoms with Crippen LogP contribution in [0.4, 0.5) is 4.39 Å². The molecule has 0 aliphatic carbocycles. The molecule has 2 aliphatic heterocycles. The minimum absolute atomic E-state index is 0.107. The standard InChI is InChI=1S/C13H15FN2O2/c14-9-3-8(5-15-6-9)7-16-10-1-2-12(16)11(4-10)13(17)18/h3,5-6,10-12H,1-2,4,7H2,(H,17,18). The summed E-state index contributed by atoms with van der Waals surface area (Å²) in [6, 6.07) is 1.91.